The molecule has 1 aliphatic heterocycles. The van der Waals surface area contributed by atoms with E-state index in [0.717, 1.165) is 68.4 Å². The molecule has 0 atom stereocenters. The predicted molar refractivity (Wildman–Crippen MR) is 172 cm³/mol. The molecule has 42 heavy (non-hydrogen) atoms. The molecular weight excluding hydrogens is 546 g/mol. The second-order valence-electron chi connectivity index (χ2n) is 10.9. The molecule has 1 fully saturated rings. The smallest absolute Gasteiger partial charge is 0.335 e. The van der Waals surface area contributed by atoms with E-state index in [4.69, 9.17) is 11.6 Å². The van der Waals surface area contributed by atoms with E-state index in [1.54, 1.807) is 17.0 Å². The van der Waals surface area contributed by atoms with Crippen molar-refractivity contribution in [3.05, 3.63) is 112 Å². The lowest BCUT2D eigenvalue weighted by Crippen LogP contribution is -2.47. The van der Waals surface area contributed by atoms with Crippen LogP contribution in [0, 0.1) is 0 Å². The fraction of sp³-hybridized carbons (Fsp3) is 0.314. The fourth-order valence-electron chi connectivity index (χ4n) is 6.22. The van der Waals surface area contributed by atoms with Crippen LogP contribution in [0.4, 0.5) is 11.4 Å². The molecule has 0 radical (unpaired) electrons. The number of likely N-dealkylation sites (N-methyl/N-ethyl adjacent to an activating group) is 1. The standard InChI is InChI=1S/C35H38ClN3O3/c1-4-24-21-28(36)11-15-31(24)34-27(8-7-26-22-30(14-16-32(26)34)39(6-3)33(40)5-2)23-37-17-19-38(20-18-37)29-12-9-25(10-13-29)35(41)42/h5,9-16,21-22H,2,4,6-8,17-20,23H2,1,3H3,(H,41,42). The van der Waals surface area contributed by atoms with Gasteiger partial charge in [-0.15, -0.1) is 0 Å². The molecule has 3 aromatic carbocycles. The number of carboxylic acids is 1. The number of benzene rings is 3. The number of aromatic carboxylic acids is 1. The summed E-state index contributed by atoms with van der Waals surface area (Å²) >= 11 is 6.43. The van der Waals surface area contributed by atoms with Gasteiger partial charge >= 0.3 is 5.97 Å². The van der Waals surface area contributed by atoms with E-state index in [1.165, 1.54) is 39.5 Å². The van der Waals surface area contributed by atoms with E-state index in [1.807, 2.05) is 25.1 Å². The van der Waals surface area contributed by atoms with E-state index in [0.29, 0.717) is 12.1 Å². The van der Waals surface area contributed by atoms with Crippen molar-refractivity contribution in [1.82, 2.24) is 4.90 Å². The fourth-order valence-corrected chi connectivity index (χ4v) is 6.41. The number of carbonyl (C=O) groups excluding carboxylic acids is 1. The van der Waals surface area contributed by atoms with Crippen molar-refractivity contribution in [3.63, 3.8) is 0 Å². The molecule has 7 heteroatoms. The molecule has 3 aromatic rings. The largest absolute Gasteiger partial charge is 0.478 e. The van der Waals surface area contributed by atoms with Crippen molar-refractivity contribution in [2.75, 3.05) is 49.1 Å². The molecule has 0 unspecified atom stereocenters. The lowest BCUT2D eigenvalue weighted by molar-refractivity contribution is -0.114. The van der Waals surface area contributed by atoms with Gasteiger partial charge in [-0.1, -0.05) is 37.2 Å². The van der Waals surface area contributed by atoms with E-state index < -0.39 is 5.97 Å². The number of rotatable bonds is 9. The highest BCUT2D eigenvalue weighted by molar-refractivity contribution is 6.30. The molecule has 1 aliphatic carbocycles. The van der Waals surface area contributed by atoms with Gasteiger partial charge in [-0.2, -0.15) is 0 Å². The number of aryl methyl sites for hydroxylation is 2. The summed E-state index contributed by atoms with van der Waals surface area (Å²) < 4.78 is 0. The number of halogens is 1. The average Bonchev–Trinajstić information content (AvgIpc) is 3.01. The van der Waals surface area contributed by atoms with Crippen LogP contribution < -0.4 is 9.80 Å². The summed E-state index contributed by atoms with van der Waals surface area (Å²) in [6.45, 7) is 13.0. The first kappa shape index (κ1) is 29.6. The van der Waals surface area contributed by atoms with E-state index >= 15 is 0 Å². The first-order chi connectivity index (χ1) is 20.3. The SMILES string of the molecule is C=CC(=O)N(CC)c1ccc2c(c1)CCC(CN1CCN(c3ccc(C(=O)O)cc3)CC1)=C2c1ccc(Cl)cc1CC. The van der Waals surface area contributed by atoms with Crippen LogP contribution in [-0.4, -0.2) is 61.2 Å². The second-order valence-corrected chi connectivity index (χ2v) is 11.3. The van der Waals surface area contributed by atoms with Crippen LogP contribution in [0.3, 0.4) is 0 Å². The summed E-state index contributed by atoms with van der Waals surface area (Å²) in [7, 11) is 0. The lowest BCUT2D eigenvalue weighted by Gasteiger charge is -2.37. The molecular formula is C35H38ClN3O3. The maximum Gasteiger partial charge on any atom is 0.335 e. The zero-order valence-corrected chi connectivity index (χ0v) is 25.2. The Balaban J connectivity index is 1.44. The Bertz CT molecular complexity index is 1520. The van der Waals surface area contributed by atoms with Gasteiger partial charge in [0.25, 0.3) is 0 Å². The van der Waals surface area contributed by atoms with Crippen molar-refractivity contribution in [2.24, 2.45) is 0 Å². The maximum atomic E-state index is 12.5. The van der Waals surface area contributed by atoms with E-state index in [-0.39, 0.29) is 5.91 Å². The Morgan fingerprint density at radius 2 is 1.67 bits per heavy atom. The van der Waals surface area contributed by atoms with Gasteiger partial charge in [0.1, 0.15) is 0 Å². The van der Waals surface area contributed by atoms with Gasteiger partial charge in [-0.3, -0.25) is 9.69 Å². The molecule has 1 saturated heterocycles. The van der Waals surface area contributed by atoms with Crippen molar-refractivity contribution >= 4 is 40.4 Å². The number of nitrogens with zero attached hydrogens (tertiary/aromatic N) is 3. The summed E-state index contributed by atoms with van der Waals surface area (Å²) in [5.74, 6) is -0.992. The van der Waals surface area contributed by atoms with Gasteiger partial charge in [0.2, 0.25) is 5.91 Å². The summed E-state index contributed by atoms with van der Waals surface area (Å²) in [4.78, 5) is 30.3. The Morgan fingerprint density at radius 3 is 2.31 bits per heavy atom. The van der Waals surface area contributed by atoms with Crippen LogP contribution in [-0.2, 0) is 17.6 Å². The van der Waals surface area contributed by atoms with E-state index in [2.05, 4.69) is 53.6 Å². The minimum Gasteiger partial charge on any atom is -0.478 e. The monoisotopic (exact) mass is 583 g/mol. The number of fused-ring (bicyclic) bond motifs is 1. The molecule has 1 amide bonds. The number of carboxylic acid groups (broad SMARTS) is 1. The van der Waals surface area contributed by atoms with Crippen molar-refractivity contribution in [3.8, 4) is 0 Å². The number of piperazine rings is 1. The Morgan fingerprint density at radius 1 is 0.952 bits per heavy atom. The molecule has 218 valence electrons. The summed E-state index contributed by atoms with van der Waals surface area (Å²) in [6, 6.07) is 19.8. The normalized spacial score (nSPS) is 15.4. The Kier molecular flexibility index (Phi) is 9.15. The van der Waals surface area contributed by atoms with Crippen LogP contribution in [0.2, 0.25) is 5.02 Å². The van der Waals surface area contributed by atoms with E-state index in [9.17, 15) is 14.7 Å². The molecule has 6 nitrogen and oxygen atoms in total. The molecule has 0 spiro atoms. The molecule has 0 bridgehead atoms. The first-order valence-corrected chi connectivity index (χ1v) is 15.1. The summed E-state index contributed by atoms with van der Waals surface area (Å²) in [5.41, 5.74) is 9.96. The van der Waals surface area contributed by atoms with Crippen LogP contribution >= 0.6 is 11.6 Å². The number of hydrogen-bond acceptors (Lipinski definition) is 4. The van der Waals surface area contributed by atoms with Crippen LogP contribution in [0.15, 0.2) is 78.9 Å². The number of hydrogen-bond donors (Lipinski definition) is 1. The van der Waals surface area contributed by atoms with Crippen LogP contribution in [0.5, 0.6) is 0 Å². The topological polar surface area (TPSA) is 64.1 Å². The maximum absolute atomic E-state index is 12.5. The summed E-state index contributed by atoms with van der Waals surface area (Å²) in [6.07, 6.45) is 4.14. The molecule has 1 heterocycles. The minimum atomic E-state index is -0.902. The van der Waals surface area contributed by atoms with Gasteiger partial charge in [-0.25, -0.2) is 4.79 Å². The van der Waals surface area contributed by atoms with Crippen molar-refractivity contribution in [1.29, 1.82) is 0 Å². The van der Waals surface area contributed by atoms with Gasteiger partial charge in [0, 0.05) is 55.7 Å². The molecule has 0 saturated carbocycles. The third-order valence-electron chi connectivity index (χ3n) is 8.46. The van der Waals surface area contributed by atoms with Gasteiger partial charge < -0.3 is 14.9 Å². The van der Waals surface area contributed by atoms with Crippen molar-refractivity contribution in [2.45, 2.75) is 33.1 Å². The highest BCUT2D eigenvalue weighted by Gasteiger charge is 2.26. The van der Waals surface area contributed by atoms with Gasteiger partial charge in [0.05, 0.1) is 5.56 Å². The Labute approximate surface area is 253 Å². The van der Waals surface area contributed by atoms with Gasteiger partial charge in [-0.05, 0) is 114 Å². The summed E-state index contributed by atoms with van der Waals surface area (Å²) in [5, 5.41) is 9.97. The van der Waals surface area contributed by atoms with Crippen molar-refractivity contribution < 1.29 is 14.7 Å². The second kappa shape index (κ2) is 13.0. The quantitative estimate of drug-likeness (QED) is 0.284. The lowest BCUT2D eigenvalue weighted by atomic mass is 9.80. The first-order valence-electron chi connectivity index (χ1n) is 14.7. The Hall–Kier alpha value is -3.87. The van der Waals surface area contributed by atoms with Gasteiger partial charge in [0.15, 0.2) is 0 Å². The highest BCUT2D eigenvalue weighted by Crippen LogP contribution is 2.40. The molecule has 1 N–H and O–H groups in total. The third kappa shape index (κ3) is 6.15. The van der Waals surface area contributed by atoms with Crippen LogP contribution in [0.25, 0.3) is 5.57 Å². The zero-order chi connectivity index (χ0) is 29.8. The third-order valence-corrected chi connectivity index (χ3v) is 8.70. The highest BCUT2D eigenvalue weighted by atomic mass is 35.5. The minimum absolute atomic E-state index is 0.0901. The predicted octanol–water partition coefficient (Wildman–Crippen LogP) is 6.71. The zero-order valence-electron chi connectivity index (χ0n) is 24.4. The molecule has 0 aromatic heterocycles. The average molecular weight is 584 g/mol. The number of carbonyl (C=O) groups is 2. The molecule has 2 aliphatic rings. The number of amides is 1. The molecule has 5 rings (SSSR count). The number of anilines is 2. The van der Waals surface area contributed by atoms with Crippen LogP contribution in [0.1, 0.15) is 52.9 Å².